The second kappa shape index (κ2) is 5.26. The highest BCUT2D eigenvalue weighted by Crippen LogP contribution is 2.11. The van der Waals surface area contributed by atoms with Gasteiger partial charge in [0.25, 0.3) is 0 Å². The number of carbonyl (C=O) groups excluding carboxylic acids is 1. The molecule has 2 N–H and O–H groups in total. The summed E-state index contributed by atoms with van der Waals surface area (Å²) in [6.07, 6.45) is 3.46. The number of amides is 1. The van der Waals surface area contributed by atoms with E-state index in [9.17, 15) is 4.79 Å². The minimum Gasteiger partial charge on any atom is -0.293 e. The smallest absolute Gasteiger partial charge is 0.239 e. The van der Waals surface area contributed by atoms with Crippen LogP contribution in [0.4, 0.5) is 0 Å². The summed E-state index contributed by atoms with van der Waals surface area (Å²) in [5.41, 5.74) is 6.45. The van der Waals surface area contributed by atoms with Gasteiger partial charge in [0.15, 0.2) is 0 Å². The molecule has 1 aliphatic rings. The van der Waals surface area contributed by atoms with Crippen LogP contribution in [0.25, 0.3) is 0 Å². The number of hydrogen-bond acceptors (Lipinski definition) is 3. The number of carbonyl (C=O) groups is 1. The molecule has 0 fully saturated rings. The van der Waals surface area contributed by atoms with Gasteiger partial charge in [0, 0.05) is 17.7 Å². The van der Waals surface area contributed by atoms with Crippen LogP contribution in [-0.2, 0) is 4.79 Å². The second-order valence-electron chi connectivity index (χ2n) is 4.96. The Morgan fingerprint density at radius 1 is 1.40 bits per heavy atom. The molecule has 0 saturated heterocycles. The molecule has 0 spiro atoms. The molecule has 4 heteroatoms. The van der Waals surface area contributed by atoms with E-state index in [-0.39, 0.29) is 11.3 Å². The highest BCUT2D eigenvalue weighted by molar-refractivity contribution is 5.87. The van der Waals surface area contributed by atoms with Crippen LogP contribution in [0.15, 0.2) is 4.99 Å². The first-order valence-electron chi connectivity index (χ1n) is 5.55. The molecular formula is C11H21N3O. The minimum absolute atomic E-state index is 0.0129. The van der Waals surface area contributed by atoms with E-state index in [0.29, 0.717) is 6.54 Å². The van der Waals surface area contributed by atoms with Crippen molar-refractivity contribution in [2.75, 3.05) is 13.1 Å². The van der Waals surface area contributed by atoms with Crippen LogP contribution in [0.3, 0.4) is 0 Å². The molecule has 86 valence electrons. The van der Waals surface area contributed by atoms with E-state index in [0.717, 1.165) is 18.7 Å². The molecule has 15 heavy (non-hydrogen) atoms. The van der Waals surface area contributed by atoms with Crippen LogP contribution in [0, 0.1) is 5.41 Å². The average molecular weight is 211 g/mol. The zero-order valence-electron chi connectivity index (χ0n) is 9.89. The minimum atomic E-state index is -0.346. The Kier molecular flexibility index (Phi) is 4.27. The summed E-state index contributed by atoms with van der Waals surface area (Å²) in [4.78, 5) is 15.9. The Balaban J connectivity index is 2.21. The molecule has 0 bridgehead atoms. The van der Waals surface area contributed by atoms with Crippen molar-refractivity contribution in [3.8, 4) is 0 Å². The molecule has 1 aliphatic heterocycles. The quantitative estimate of drug-likeness (QED) is 0.691. The molecule has 1 amide bonds. The van der Waals surface area contributed by atoms with Crippen molar-refractivity contribution in [3.05, 3.63) is 0 Å². The van der Waals surface area contributed by atoms with Gasteiger partial charge in [-0.25, -0.2) is 5.43 Å². The Morgan fingerprint density at radius 3 is 2.67 bits per heavy atom. The van der Waals surface area contributed by atoms with Crippen LogP contribution < -0.4 is 10.9 Å². The average Bonchev–Trinajstić information content (AvgIpc) is 2.18. The van der Waals surface area contributed by atoms with Crippen LogP contribution in [0.2, 0.25) is 0 Å². The summed E-state index contributed by atoms with van der Waals surface area (Å²) < 4.78 is 0. The lowest BCUT2D eigenvalue weighted by atomic mass is 9.96. The largest absolute Gasteiger partial charge is 0.293 e. The number of aliphatic imine (C=N–C) groups is 1. The van der Waals surface area contributed by atoms with Crippen molar-refractivity contribution in [2.45, 2.75) is 40.0 Å². The first kappa shape index (κ1) is 12.2. The molecule has 0 unspecified atom stereocenters. The van der Waals surface area contributed by atoms with Gasteiger partial charge in [-0.3, -0.25) is 15.2 Å². The highest BCUT2D eigenvalue weighted by atomic mass is 16.2. The second-order valence-corrected chi connectivity index (χ2v) is 4.96. The lowest BCUT2D eigenvalue weighted by molar-refractivity contribution is -0.129. The fourth-order valence-corrected chi connectivity index (χ4v) is 1.32. The van der Waals surface area contributed by atoms with Crippen molar-refractivity contribution < 1.29 is 4.79 Å². The number of nitrogens with zero attached hydrogens (tertiary/aromatic N) is 1. The van der Waals surface area contributed by atoms with Gasteiger partial charge in [0.05, 0.1) is 6.54 Å². The molecule has 0 atom stereocenters. The van der Waals surface area contributed by atoms with E-state index in [1.165, 1.54) is 12.8 Å². The molecule has 1 rings (SSSR count). The SMILES string of the molecule is CC(C)(C)C(=O)NNCC1=NCCCC1. The fraction of sp³-hybridized carbons (Fsp3) is 0.818. The van der Waals surface area contributed by atoms with E-state index >= 15 is 0 Å². The Morgan fingerprint density at radius 2 is 2.13 bits per heavy atom. The Hall–Kier alpha value is -0.900. The summed E-state index contributed by atoms with van der Waals surface area (Å²) in [5.74, 6) is 0.0129. The molecule has 1 heterocycles. The van der Waals surface area contributed by atoms with Gasteiger partial charge in [-0.1, -0.05) is 20.8 Å². The van der Waals surface area contributed by atoms with Crippen molar-refractivity contribution in [3.63, 3.8) is 0 Å². The maximum Gasteiger partial charge on any atom is 0.239 e. The van der Waals surface area contributed by atoms with Crippen molar-refractivity contribution in [1.82, 2.24) is 10.9 Å². The van der Waals surface area contributed by atoms with E-state index in [1.807, 2.05) is 20.8 Å². The number of nitrogens with one attached hydrogen (secondary N) is 2. The van der Waals surface area contributed by atoms with Gasteiger partial charge in [0.1, 0.15) is 0 Å². The third-order valence-corrected chi connectivity index (χ3v) is 2.38. The topological polar surface area (TPSA) is 53.5 Å². The van der Waals surface area contributed by atoms with Crippen molar-refractivity contribution in [2.24, 2.45) is 10.4 Å². The molecular weight excluding hydrogens is 190 g/mol. The van der Waals surface area contributed by atoms with Crippen LogP contribution in [0.1, 0.15) is 40.0 Å². The fourth-order valence-electron chi connectivity index (χ4n) is 1.32. The molecule has 0 aromatic carbocycles. The zero-order valence-corrected chi connectivity index (χ0v) is 9.89. The van der Waals surface area contributed by atoms with Gasteiger partial charge >= 0.3 is 0 Å². The van der Waals surface area contributed by atoms with Gasteiger partial charge < -0.3 is 0 Å². The summed E-state index contributed by atoms with van der Waals surface area (Å²) in [5, 5.41) is 0. The predicted molar refractivity (Wildman–Crippen MR) is 61.8 cm³/mol. The van der Waals surface area contributed by atoms with Crippen molar-refractivity contribution in [1.29, 1.82) is 0 Å². The first-order valence-corrected chi connectivity index (χ1v) is 5.55. The Bertz CT molecular complexity index is 253. The number of rotatable bonds is 3. The lowest BCUT2D eigenvalue weighted by Gasteiger charge is -2.19. The first-order chi connectivity index (χ1) is 7.00. The van der Waals surface area contributed by atoms with E-state index in [4.69, 9.17) is 0 Å². The molecule has 0 saturated carbocycles. The molecule has 0 aromatic heterocycles. The summed E-state index contributed by atoms with van der Waals surface area (Å²) >= 11 is 0. The summed E-state index contributed by atoms with van der Waals surface area (Å²) in [6, 6.07) is 0. The van der Waals surface area contributed by atoms with Crippen LogP contribution >= 0.6 is 0 Å². The summed E-state index contributed by atoms with van der Waals surface area (Å²) in [6.45, 7) is 7.28. The maximum absolute atomic E-state index is 11.5. The maximum atomic E-state index is 11.5. The third-order valence-electron chi connectivity index (χ3n) is 2.38. The van der Waals surface area contributed by atoms with Gasteiger partial charge in [0.2, 0.25) is 5.91 Å². The zero-order chi connectivity index (χ0) is 11.3. The van der Waals surface area contributed by atoms with Crippen molar-refractivity contribution >= 4 is 11.6 Å². The van der Waals surface area contributed by atoms with Gasteiger partial charge in [-0.05, 0) is 19.3 Å². The van der Waals surface area contributed by atoms with Gasteiger partial charge in [-0.15, -0.1) is 0 Å². The number of hydrazine groups is 1. The molecule has 0 aromatic rings. The Labute approximate surface area is 91.5 Å². The number of hydrogen-bond donors (Lipinski definition) is 2. The van der Waals surface area contributed by atoms with E-state index in [2.05, 4.69) is 15.8 Å². The normalized spacial score (nSPS) is 17.1. The van der Waals surface area contributed by atoms with E-state index < -0.39 is 0 Å². The summed E-state index contributed by atoms with van der Waals surface area (Å²) in [7, 11) is 0. The molecule has 4 nitrogen and oxygen atoms in total. The van der Waals surface area contributed by atoms with E-state index in [1.54, 1.807) is 0 Å². The van der Waals surface area contributed by atoms with Gasteiger partial charge in [-0.2, -0.15) is 0 Å². The standard InChI is InChI=1S/C11H21N3O/c1-11(2,3)10(15)14-13-8-9-6-4-5-7-12-9/h13H,4-8H2,1-3H3,(H,14,15). The molecule has 0 radical (unpaired) electrons. The highest BCUT2D eigenvalue weighted by Gasteiger charge is 2.20. The lowest BCUT2D eigenvalue weighted by Crippen LogP contribution is -2.45. The predicted octanol–water partition coefficient (Wildman–Crippen LogP) is 1.28. The molecule has 0 aliphatic carbocycles. The monoisotopic (exact) mass is 211 g/mol. The van der Waals surface area contributed by atoms with Crippen LogP contribution in [0.5, 0.6) is 0 Å². The van der Waals surface area contributed by atoms with Crippen LogP contribution in [-0.4, -0.2) is 24.7 Å². The third kappa shape index (κ3) is 4.42.